The van der Waals surface area contributed by atoms with Gasteiger partial charge in [0.15, 0.2) is 0 Å². The molecule has 6 nitrogen and oxygen atoms in total. The molecule has 1 aromatic rings. The average molecular weight is 300 g/mol. The Morgan fingerprint density at radius 1 is 1.45 bits per heavy atom. The maximum absolute atomic E-state index is 13.2. The van der Waals surface area contributed by atoms with Gasteiger partial charge in [-0.15, -0.1) is 0 Å². The van der Waals surface area contributed by atoms with Gasteiger partial charge in [-0.1, -0.05) is 12.1 Å². The Balaban J connectivity index is 2.36. The van der Waals surface area contributed by atoms with Crippen LogP contribution in [0, 0.1) is 5.82 Å². The summed E-state index contributed by atoms with van der Waals surface area (Å²) in [5.41, 5.74) is 0.225. The monoisotopic (exact) mass is 300 g/mol. The summed E-state index contributed by atoms with van der Waals surface area (Å²) in [7, 11) is -2.57. The minimum Gasteiger partial charge on any atom is -0.465 e. The van der Waals surface area contributed by atoms with Gasteiger partial charge in [0, 0.05) is 19.6 Å². The van der Waals surface area contributed by atoms with Crippen LogP contribution in [0.3, 0.4) is 0 Å². The third-order valence-corrected chi connectivity index (χ3v) is 3.93. The minimum atomic E-state index is -2.57. The van der Waals surface area contributed by atoms with Crippen molar-refractivity contribution in [3.63, 3.8) is 0 Å². The molecule has 0 aromatic heterocycles. The molecule has 2 rings (SSSR count). The van der Waals surface area contributed by atoms with Crippen LogP contribution in [0.4, 0.5) is 9.18 Å². The number of rotatable bonds is 2. The summed E-state index contributed by atoms with van der Waals surface area (Å²) in [5.74, 6) is -0.545. The summed E-state index contributed by atoms with van der Waals surface area (Å²) in [5, 5.41) is 11.9. The number of nitrogens with zero attached hydrogens (tertiary/aromatic N) is 1. The smallest absolute Gasteiger partial charge is 0.407 e. The lowest BCUT2D eigenvalue weighted by Gasteiger charge is -2.31. The largest absolute Gasteiger partial charge is 0.465 e. The molecule has 1 fully saturated rings. The van der Waals surface area contributed by atoms with E-state index in [0.29, 0.717) is 6.54 Å². The number of halogens is 1. The zero-order valence-electron chi connectivity index (χ0n) is 10.4. The number of benzene rings is 1. The summed E-state index contributed by atoms with van der Waals surface area (Å²) in [6.07, 6.45) is -1.10. The molecular weight excluding hydrogens is 287 g/mol. The van der Waals surface area contributed by atoms with Crippen molar-refractivity contribution in [3.8, 4) is 0 Å². The molecule has 108 valence electrons. The number of amides is 1. The zero-order chi connectivity index (χ0) is 14.7. The number of carbonyl (C=O) groups is 1. The topological polar surface area (TPSA) is 86.7 Å². The predicted octanol–water partition coefficient (Wildman–Crippen LogP) is 0.177. The normalized spacial score (nSPS) is 18.6. The molecule has 0 spiro atoms. The fourth-order valence-corrected chi connectivity index (χ4v) is 2.86. The molecule has 1 amide bonds. The molecule has 0 bridgehead atoms. The van der Waals surface area contributed by atoms with Crippen LogP contribution in [0.1, 0.15) is 5.56 Å². The van der Waals surface area contributed by atoms with E-state index in [1.165, 1.54) is 18.2 Å². The molecule has 8 heteroatoms. The molecule has 2 N–H and O–H groups in total. The standard InChI is InChI=1S/C12H13FN2O4S/c13-9-3-1-2-8(6-9)11(20(18)19)10-7-15(12(16)17)5-4-14-10/h1-3,6,10,14H,4-5,7H2,(H,16,17)/t10-/m0/s1. The van der Waals surface area contributed by atoms with Crippen molar-refractivity contribution in [3.05, 3.63) is 35.6 Å². The lowest BCUT2D eigenvalue weighted by atomic mass is 10.0. The third-order valence-electron chi connectivity index (χ3n) is 3.05. The summed E-state index contributed by atoms with van der Waals surface area (Å²) in [4.78, 5) is 12.1. The second-order valence-corrected chi connectivity index (χ2v) is 5.25. The molecular formula is C12H13FN2O4S. The van der Waals surface area contributed by atoms with Crippen molar-refractivity contribution in [2.75, 3.05) is 19.6 Å². The van der Waals surface area contributed by atoms with Gasteiger partial charge in [0.05, 0.1) is 10.9 Å². The summed E-state index contributed by atoms with van der Waals surface area (Å²) in [6.45, 7) is 0.635. The van der Waals surface area contributed by atoms with Crippen LogP contribution in [0.25, 0.3) is 0 Å². The summed E-state index contributed by atoms with van der Waals surface area (Å²) in [6, 6.07) is 4.55. The van der Waals surface area contributed by atoms with E-state index in [9.17, 15) is 17.6 Å². The SMILES string of the molecule is O=C(O)N1CCN[C@H](C(c2cccc(F)c2)=S(=O)=O)C1. The molecule has 0 radical (unpaired) electrons. The van der Waals surface area contributed by atoms with Crippen molar-refractivity contribution in [1.82, 2.24) is 10.2 Å². The van der Waals surface area contributed by atoms with E-state index in [2.05, 4.69) is 5.32 Å². The second kappa shape index (κ2) is 6.02. The van der Waals surface area contributed by atoms with E-state index < -0.39 is 28.2 Å². The molecule has 0 aliphatic carbocycles. The fraction of sp³-hybridized carbons (Fsp3) is 0.333. The third kappa shape index (κ3) is 3.14. The van der Waals surface area contributed by atoms with Crippen molar-refractivity contribution < 1.29 is 22.7 Å². The Bertz CT molecular complexity index is 651. The second-order valence-electron chi connectivity index (χ2n) is 4.34. The molecule has 1 aliphatic heterocycles. The van der Waals surface area contributed by atoms with E-state index in [1.807, 2.05) is 0 Å². The van der Waals surface area contributed by atoms with Crippen molar-refractivity contribution in [2.45, 2.75) is 6.04 Å². The molecule has 20 heavy (non-hydrogen) atoms. The Labute approximate surface area is 116 Å². The zero-order valence-corrected chi connectivity index (χ0v) is 11.2. The first-order valence-electron chi connectivity index (χ1n) is 5.92. The van der Waals surface area contributed by atoms with Crippen molar-refractivity contribution in [1.29, 1.82) is 0 Å². The highest BCUT2D eigenvalue weighted by Crippen LogP contribution is 2.10. The quantitative estimate of drug-likeness (QED) is 0.601. The Morgan fingerprint density at radius 2 is 2.20 bits per heavy atom. The first-order chi connectivity index (χ1) is 9.49. The van der Waals surface area contributed by atoms with Crippen LogP contribution in [0.15, 0.2) is 24.3 Å². The predicted molar refractivity (Wildman–Crippen MR) is 70.8 cm³/mol. The van der Waals surface area contributed by atoms with Crippen molar-refractivity contribution >= 4 is 21.3 Å². The lowest BCUT2D eigenvalue weighted by molar-refractivity contribution is 0.135. The van der Waals surface area contributed by atoms with Gasteiger partial charge in [-0.25, -0.2) is 9.18 Å². The number of hydrogen-bond acceptors (Lipinski definition) is 4. The molecule has 0 unspecified atom stereocenters. The highest BCUT2D eigenvalue weighted by Gasteiger charge is 2.28. The fourth-order valence-electron chi connectivity index (χ4n) is 2.15. The maximum Gasteiger partial charge on any atom is 0.407 e. The summed E-state index contributed by atoms with van der Waals surface area (Å²) < 4.78 is 36.1. The molecule has 1 heterocycles. The Kier molecular flexibility index (Phi) is 4.35. The molecule has 1 saturated heterocycles. The number of piperazine rings is 1. The Morgan fingerprint density at radius 3 is 2.80 bits per heavy atom. The number of nitrogens with one attached hydrogen (secondary N) is 1. The molecule has 0 saturated carbocycles. The molecule has 1 aromatic carbocycles. The van der Waals surface area contributed by atoms with E-state index in [1.54, 1.807) is 0 Å². The summed E-state index contributed by atoms with van der Waals surface area (Å²) >= 11 is 0. The van der Waals surface area contributed by atoms with Crippen LogP contribution in [0.5, 0.6) is 0 Å². The van der Waals surface area contributed by atoms with E-state index in [0.717, 1.165) is 11.0 Å². The minimum absolute atomic E-state index is 0.00909. The average Bonchev–Trinajstić information content (AvgIpc) is 2.39. The highest BCUT2D eigenvalue weighted by molar-refractivity contribution is 7.73. The van der Waals surface area contributed by atoms with Gasteiger partial charge in [-0.05, 0) is 17.7 Å². The van der Waals surface area contributed by atoms with Gasteiger partial charge >= 0.3 is 6.09 Å². The van der Waals surface area contributed by atoms with E-state index in [4.69, 9.17) is 5.11 Å². The van der Waals surface area contributed by atoms with Crippen LogP contribution < -0.4 is 5.32 Å². The first kappa shape index (κ1) is 14.5. The first-order valence-corrected chi connectivity index (χ1v) is 7.00. The van der Waals surface area contributed by atoms with Gasteiger partial charge in [0.2, 0.25) is 10.3 Å². The van der Waals surface area contributed by atoms with E-state index >= 15 is 0 Å². The van der Waals surface area contributed by atoms with Crippen molar-refractivity contribution in [2.24, 2.45) is 0 Å². The van der Waals surface area contributed by atoms with Crippen LogP contribution in [-0.4, -0.2) is 55.1 Å². The van der Waals surface area contributed by atoms with E-state index in [-0.39, 0.29) is 23.5 Å². The number of hydrogen-bond donors (Lipinski definition) is 2. The van der Waals surface area contributed by atoms with Gasteiger partial charge in [-0.3, -0.25) is 0 Å². The molecule has 1 atom stereocenters. The van der Waals surface area contributed by atoms with Crippen LogP contribution >= 0.6 is 0 Å². The van der Waals surface area contributed by atoms with Gasteiger partial charge < -0.3 is 15.3 Å². The molecule has 1 aliphatic rings. The van der Waals surface area contributed by atoms with Gasteiger partial charge in [0.25, 0.3) is 0 Å². The van der Waals surface area contributed by atoms with Gasteiger partial charge in [-0.2, -0.15) is 8.42 Å². The van der Waals surface area contributed by atoms with Crippen LogP contribution in [0.2, 0.25) is 0 Å². The highest BCUT2D eigenvalue weighted by atomic mass is 32.2. The number of carboxylic acid groups (broad SMARTS) is 1. The lowest BCUT2D eigenvalue weighted by Crippen LogP contribution is -2.55. The maximum atomic E-state index is 13.2. The van der Waals surface area contributed by atoms with Crippen LogP contribution in [-0.2, 0) is 10.3 Å². The Hall–Kier alpha value is -1.93. The van der Waals surface area contributed by atoms with Gasteiger partial charge in [0.1, 0.15) is 5.82 Å².